The smallest absolute Gasteiger partial charge is 0.219 e. The molecule has 1 fully saturated rings. The van der Waals surface area contributed by atoms with Crippen LogP contribution in [-0.2, 0) is 9.59 Å². The minimum Gasteiger partial charge on any atom is -0.342 e. The SMILES string of the molecule is CC(=O)N1CCN(C=O)CC1.Cc1cc(-c2ccc(Cl)c(Cl)c2)ncn1. The highest BCUT2D eigenvalue weighted by molar-refractivity contribution is 6.42. The highest BCUT2D eigenvalue weighted by Gasteiger charge is 2.16. The Labute approximate surface area is 162 Å². The van der Waals surface area contributed by atoms with Gasteiger partial charge in [0.25, 0.3) is 0 Å². The van der Waals surface area contributed by atoms with Crippen molar-refractivity contribution < 1.29 is 9.59 Å². The van der Waals surface area contributed by atoms with E-state index in [4.69, 9.17) is 23.2 Å². The van der Waals surface area contributed by atoms with Gasteiger partial charge in [0.15, 0.2) is 0 Å². The molecule has 8 heteroatoms. The topological polar surface area (TPSA) is 66.4 Å². The quantitative estimate of drug-likeness (QED) is 0.734. The predicted octanol–water partition coefficient (Wildman–Crippen LogP) is 3.07. The average Bonchev–Trinajstić information content (AvgIpc) is 2.64. The maximum absolute atomic E-state index is 10.8. The summed E-state index contributed by atoms with van der Waals surface area (Å²) in [6, 6.07) is 7.35. The number of benzene rings is 1. The van der Waals surface area contributed by atoms with Crippen LogP contribution in [0, 0.1) is 6.92 Å². The number of aryl methyl sites for hydroxylation is 1. The summed E-state index contributed by atoms with van der Waals surface area (Å²) < 4.78 is 0. The van der Waals surface area contributed by atoms with Crippen LogP contribution in [0.4, 0.5) is 0 Å². The average molecular weight is 395 g/mol. The first-order valence-corrected chi connectivity index (χ1v) is 8.85. The molecule has 0 spiro atoms. The van der Waals surface area contributed by atoms with Gasteiger partial charge in [-0.15, -0.1) is 0 Å². The number of halogens is 2. The fourth-order valence-electron chi connectivity index (χ4n) is 2.41. The number of aromatic nitrogens is 2. The van der Waals surface area contributed by atoms with Gasteiger partial charge in [-0.25, -0.2) is 9.97 Å². The third-order valence-electron chi connectivity index (χ3n) is 3.93. The van der Waals surface area contributed by atoms with E-state index < -0.39 is 0 Å². The first-order valence-electron chi connectivity index (χ1n) is 8.09. The molecule has 1 aliphatic heterocycles. The van der Waals surface area contributed by atoms with Crippen LogP contribution < -0.4 is 0 Å². The van der Waals surface area contributed by atoms with Gasteiger partial charge in [-0.1, -0.05) is 29.3 Å². The van der Waals surface area contributed by atoms with Gasteiger partial charge in [0.05, 0.1) is 15.7 Å². The summed E-state index contributed by atoms with van der Waals surface area (Å²) in [7, 11) is 0. The monoisotopic (exact) mass is 394 g/mol. The van der Waals surface area contributed by atoms with E-state index in [9.17, 15) is 9.59 Å². The Bertz CT molecular complexity index is 778. The van der Waals surface area contributed by atoms with Crippen molar-refractivity contribution in [1.82, 2.24) is 19.8 Å². The van der Waals surface area contributed by atoms with Gasteiger partial charge in [0, 0.05) is 44.4 Å². The van der Waals surface area contributed by atoms with Gasteiger partial charge in [-0.3, -0.25) is 9.59 Å². The fourth-order valence-corrected chi connectivity index (χ4v) is 2.71. The molecule has 138 valence electrons. The van der Waals surface area contributed by atoms with Crippen LogP contribution in [0.1, 0.15) is 12.6 Å². The van der Waals surface area contributed by atoms with Gasteiger partial charge in [0.2, 0.25) is 12.3 Å². The summed E-state index contributed by atoms with van der Waals surface area (Å²) in [5, 5.41) is 1.08. The second kappa shape index (κ2) is 9.50. The number of hydrogen-bond donors (Lipinski definition) is 0. The van der Waals surface area contributed by atoms with E-state index in [0.717, 1.165) is 23.4 Å². The lowest BCUT2D eigenvalue weighted by atomic mass is 10.1. The van der Waals surface area contributed by atoms with Crippen molar-refractivity contribution in [3.63, 3.8) is 0 Å². The number of carbonyl (C=O) groups excluding carboxylic acids is 2. The molecule has 6 nitrogen and oxygen atoms in total. The molecule has 2 aromatic rings. The van der Waals surface area contributed by atoms with Gasteiger partial charge < -0.3 is 9.80 Å². The highest BCUT2D eigenvalue weighted by Crippen LogP contribution is 2.27. The molecule has 1 aromatic carbocycles. The van der Waals surface area contributed by atoms with E-state index in [-0.39, 0.29) is 5.91 Å². The van der Waals surface area contributed by atoms with Crippen LogP contribution in [0.2, 0.25) is 10.0 Å². The lowest BCUT2D eigenvalue weighted by molar-refractivity contribution is -0.133. The van der Waals surface area contributed by atoms with E-state index in [1.807, 2.05) is 19.1 Å². The maximum Gasteiger partial charge on any atom is 0.219 e. The minimum atomic E-state index is 0.0931. The Morgan fingerprint density at radius 1 is 1.08 bits per heavy atom. The van der Waals surface area contributed by atoms with E-state index in [1.54, 1.807) is 28.9 Å². The van der Waals surface area contributed by atoms with Crippen molar-refractivity contribution in [2.45, 2.75) is 13.8 Å². The molecule has 0 N–H and O–H groups in total. The minimum absolute atomic E-state index is 0.0931. The number of carbonyl (C=O) groups is 2. The Hall–Kier alpha value is -2.18. The summed E-state index contributed by atoms with van der Waals surface area (Å²) in [6.45, 7) is 6.16. The Kier molecular flexibility index (Phi) is 7.36. The van der Waals surface area contributed by atoms with Crippen molar-refractivity contribution in [2.75, 3.05) is 26.2 Å². The van der Waals surface area contributed by atoms with Crippen LogP contribution in [0.5, 0.6) is 0 Å². The number of nitrogens with zero attached hydrogens (tertiary/aromatic N) is 4. The van der Waals surface area contributed by atoms with Gasteiger partial charge >= 0.3 is 0 Å². The summed E-state index contributed by atoms with van der Waals surface area (Å²) in [5.41, 5.74) is 2.71. The molecule has 1 aliphatic rings. The second-order valence-electron chi connectivity index (χ2n) is 5.82. The lowest BCUT2D eigenvalue weighted by Gasteiger charge is -2.31. The molecule has 1 aromatic heterocycles. The molecule has 2 amide bonds. The summed E-state index contributed by atoms with van der Waals surface area (Å²) in [6.07, 6.45) is 2.37. The molecule has 0 radical (unpaired) electrons. The summed E-state index contributed by atoms with van der Waals surface area (Å²) >= 11 is 11.8. The number of rotatable bonds is 2. The van der Waals surface area contributed by atoms with E-state index >= 15 is 0 Å². The standard InChI is InChI=1S/C11H8Cl2N2.C7H12N2O2/c1-7-4-11(15-6-14-7)8-2-3-9(12)10(13)5-8;1-7(11)9-4-2-8(6-10)3-5-9/h2-6H,1H3;6H,2-5H2,1H3. The van der Waals surface area contributed by atoms with Crippen molar-refractivity contribution in [1.29, 1.82) is 0 Å². The molecule has 1 saturated heterocycles. The molecular weight excluding hydrogens is 375 g/mol. The van der Waals surface area contributed by atoms with Crippen LogP contribution in [-0.4, -0.2) is 58.3 Å². The predicted molar refractivity (Wildman–Crippen MR) is 102 cm³/mol. The van der Waals surface area contributed by atoms with E-state index in [1.165, 1.54) is 6.33 Å². The molecule has 0 atom stereocenters. The first-order chi connectivity index (χ1) is 12.4. The zero-order chi connectivity index (χ0) is 19.1. The number of piperazine rings is 1. The maximum atomic E-state index is 10.8. The summed E-state index contributed by atoms with van der Waals surface area (Å²) in [4.78, 5) is 32.7. The molecule has 26 heavy (non-hydrogen) atoms. The zero-order valence-electron chi connectivity index (χ0n) is 14.7. The molecule has 0 saturated carbocycles. The Balaban J connectivity index is 0.000000197. The van der Waals surface area contributed by atoms with Crippen molar-refractivity contribution in [3.8, 4) is 11.3 Å². The largest absolute Gasteiger partial charge is 0.342 e. The van der Waals surface area contributed by atoms with Gasteiger partial charge in [-0.2, -0.15) is 0 Å². The normalized spacial score (nSPS) is 13.7. The van der Waals surface area contributed by atoms with Crippen LogP contribution in [0.3, 0.4) is 0 Å². The summed E-state index contributed by atoms with van der Waals surface area (Å²) in [5.74, 6) is 0.0931. The Morgan fingerprint density at radius 2 is 1.77 bits per heavy atom. The van der Waals surface area contributed by atoms with Crippen LogP contribution in [0.25, 0.3) is 11.3 Å². The molecule has 0 aliphatic carbocycles. The van der Waals surface area contributed by atoms with Gasteiger partial charge in [0.1, 0.15) is 6.33 Å². The third-order valence-corrected chi connectivity index (χ3v) is 4.67. The third kappa shape index (κ3) is 5.68. The van der Waals surface area contributed by atoms with E-state index in [0.29, 0.717) is 36.2 Å². The molecule has 3 rings (SSSR count). The zero-order valence-corrected chi connectivity index (χ0v) is 16.2. The van der Waals surface area contributed by atoms with Gasteiger partial charge in [-0.05, 0) is 25.1 Å². The second-order valence-corrected chi connectivity index (χ2v) is 6.64. The Morgan fingerprint density at radius 3 is 2.31 bits per heavy atom. The lowest BCUT2D eigenvalue weighted by Crippen LogP contribution is -2.47. The molecule has 0 bridgehead atoms. The highest BCUT2D eigenvalue weighted by atomic mass is 35.5. The number of hydrogen-bond acceptors (Lipinski definition) is 4. The molecular formula is C18H20Cl2N4O2. The van der Waals surface area contributed by atoms with Crippen molar-refractivity contribution in [2.24, 2.45) is 0 Å². The van der Waals surface area contributed by atoms with Crippen molar-refractivity contribution in [3.05, 3.63) is 46.3 Å². The molecule has 0 unspecified atom stereocenters. The fraction of sp³-hybridized carbons (Fsp3) is 0.333. The van der Waals surface area contributed by atoms with Crippen LogP contribution in [0.15, 0.2) is 30.6 Å². The van der Waals surface area contributed by atoms with E-state index in [2.05, 4.69) is 9.97 Å². The molecule has 2 heterocycles. The van der Waals surface area contributed by atoms with Crippen LogP contribution >= 0.6 is 23.2 Å². The van der Waals surface area contributed by atoms with Crippen molar-refractivity contribution >= 4 is 35.5 Å². The number of amides is 2. The first kappa shape index (κ1) is 20.1.